The molecular weight excluding hydrogens is 369 g/mol. The zero-order valence-corrected chi connectivity index (χ0v) is 16.4. The van der Waals surface area contributed by atoms with Crippen LogP contribution in [0.1, 0.15) is 24.8 Å². The number of hydrogen-bond donors (Lipinski definition) is 1. The maximum atomic E-state index is 13.7. The van der Waals surface area contributed by atoms with Crippen LogP contribution < -0.4 is 10.2 Å². The topological polar surface area (TPSA) is 54.5 Å². The molecule has 2 bridgehead atoms. The first-order chi connectivity index (χ1) is 14.1. The number of fused-ring (bicyclic) bond motifs is 1. The summed E-state index contributed by atoms with van der Waals surface area (Å²) in [5, 5.41) is 3.09. The van der Waals surface area contributed by atoms with E-state index in [9.17, 15) is 9.18 Å². The van der Waals surface area contributed by atoms with Crippen molar-refractivity contribution in [2.24, 2.45) is 11.8 Å². The van der Waals surface area contributed by atoms with Crippen LogP contribution in [0.25, 0.3) is 0 Å². The maximum absolute atomic E-state index is 13.7. The van der Waals surface area contributed by atoms with Gasteiger partial charge in [0.05, 0.1) is 11.7 Å². The van der Waals surface area contributed by atoms with E-state index in [1.807, 2.05) is 24.4 Å². The molecule has 0 radical (unpaired) electrons. The molecule has 4 heterocycles. The quantitative estimate of drug-likeness (QED) is 0.817. The number of anilines is 1. The number of carbonyl (C=O) groups is 1. The average molecular weight is 395 g/mol. The molecule has 3 fully saturated rings. The number of carbonyl (C=O) groups excluding carboxylic acids is 1. The number of pyridine rings is 1. The number of rotatable bonds is 6. The highest BCUT2D eigenvalue weighted by Gasteiger charge is 2.63. The molecule has 0 saturated carbocycles. The third kappa shape index (κ3) is 3.39. The number of aryl methyl sites for hydroxylation is 1. The second-order valence-electron chi connectivity index (χ2n) is 8.49. The third-order valence-electron chi connectivity index (χ3n) is 6.87. The highest BCUT2D eigenvalue weighted by molar-refractivity contribution is 5.76. The number of halogens is 1. The van der Waals surface area contributed by atoms with E-state index in [1.165, 1.54) is 6.07 Å². The van der Waals surface area contributed by atoms with Crippen LogP contribution >= 0.6 is 0 Å². The third-order valence-corrected chi connectivity index (χ3v) is 6.87. The van der Waals surface area contributed by atoms with Gasteiger partial charge in [-0.25, -0.2) is 9.37 Å². The van der Waals surface area contributed by atoms with Gasteiger partial charge in [0, 0.05) is 44.1 Å². The van der Waals surface area contributed by atoms with Crippen LogP contribution in [0.5, 0.6) is 0 Å². The Morgan fingerprint density at radius 3 is 2.97 bits per heavy atom. The van der Waals surface area contributed by atoms with E-state index in [-0.39, 0.29) is 23.4 Å². The minimum absolute atomic E-state index is 0.0235. The SMILES string of the molecule is O=C(CCc1ccccc1F)NC[C@H]1[C@H]2CN(c3ccccn3)C[C@]23CC[C@H]1O3. The molecule has 3 saturated heterocycles. The summed E-state index contributed by atoms with van der Waals surface area (Å²) in [4.78, 5) is 19.2. The molecule has 1 aromatic heterocycles. The number of nitrogens with one attached hydrogen (secondary N) is 1. The van der Waals surface area contributed by atoms with E-state index in [0.29, 0.717) is 36.8 Å². The second kappa shape index (κ2) is 7.41. The molecule has 0 unspecified atom stereocenters. The van der Waals surface area contributed by atoms with E-state index < -0.39 is 0 Å². The first-order valence-corrected chi connectivity index (χ1v) is 10.5. The Hall–Kier alpha value is -2.47. The van der Waals surface area contributed by atoms with Crippen LogP contribution in [0.3, 0.4) is 0 Å². The van der Waals surface area contributed by atoms with Crippen molar-refractivity contribution in [3.63, 3.8) is 0 Å². The van der Waals surface area contributed by atoms with E-state index in [0.717, 1.165) is 31.7 Å². The van der Waals surface area contributed by atoms with Gasteiger partial charge in [-0.05, 0) is 43.0 Å². The van der Waals surface area contributed by atoms with Crippen molar-refractivity contribution in [1.29, 1.82) is 0 Å². The predicted octanol–water partition coefficient (Wildman–Crippen LogP) is 2.95. The van der Waals surface area contributed by atoms with Gasteiger partial charge in [0.25, 0.3) is 0 Å². The number of amides is 1. The fourth-order valence-corrected chi connectivity index (χ4v) is 5.45. The van der Waals surface area contributed by atoms with Gasteiger partial charge in [0.2, 0.25) is 5.91 Å². The van der Waals surface area contributed by atoms with Crippen LogP contribution in [0.4, 0.5) is 10.2 Å². The van der Waals surface area contributed by atoms with Crippen LogP contribution in [0.15, 0.2) is 48.7 Å². The summed E-state index contributed by atoms with van der Waals surface area (Å²) in [5.41, 5.74) is 0.497. The molecule has 3 aliphatic rings. The Bertz CT molecular complexity index is 893. The molecule has 5 nitrogen and oxygen atoms in total. The van der Waals surface area contributed by atoms with Gasteiger partial charge in [0.1, 0.15) is 11.6 Å². The molecule has 1 aromatic carbocycles. The fraction of sp³-hybridized carbons (Fsp3) is 0.478. The second-order valence-corrected chi connectivity index (χ2v) is 8.49. The lowest BCUT2D eigenvalue weighted by atomic mass is 9.73. The van der Waals surface area contributed by atoms with Crippen molar-refractivity contribution in [2.45, 2.75) is 37.4 Å². The Morgan fingerprint density at radius 1 is 1.28 bits per heavy atom. The van der Waals surface area contributed by atoms with Crippen LogP contribution in [-0.2, 0) is 16.0 Å². The average Bonchev–Trinajstić information content (AvgIpc) is 3.41. The molecule has 29 heavy (non-hydrogen) atoms. The molecule has 152 valence electrons. The van der Waals surface area contributed by atoms with Crippen molar-refractivity contribution in [3.8, 4) is 0 Å². The first kappa shape index (κ1) is 18.6. The van der Waals surface area contributed by atoms with Gasteiger partial charge >= 0.3 is 0 Å². The van der Waals surface area contributed by atoms with Crippen molar-refractivity contribution >= 4 is 11.7 Å². The zero-order chi connectivity index (χ0) is 19.8. The summed E-state index contributed by atoms with van der Waals surface area (Å²) in [7, 11) is 0. The molecular formula is C23H26FN3O2. The van der Waals surface area contributed by atoms with Gasteiger partial charge in [-0.15, -0.1) is 0 Å². The van der Waals surface area contributed by atoms with Crippen LogP contribution in [-0.4, -0.2) is 42.2 Å². The molecule has 5 rings (SSSR count). The van der Waals surface area contributed by atoms with Crippen LogP contribution in [0, 0.1) is 17.7 Å². The molecule has 1 N–H and O–H groups in total. The Balaban J connectivity index is 1.19. The summed E-state index contributed by atoms with van der Waals surface area (Å²) in [6.07, 6.45) is 4.93. The molecule has 4 atom stereocenters. The van der Waals surface area contributed by atoms with Gasteiger partial charge in [-0.1, -0.05) is 24.3 Å². The first-order valence-electron chi connectivity index (χ1n) is 10.5. The summed E-state index contributed by atoms with van der Waals surface area (Å²) < 4.78 is 20.2. The molecule has 1 amide bonds. The Morgan fingerprint density at radius 2 is 2.14 bits per heavy atom. The number of benzene rings is 1. The summed E-state index contributed by atoms with van der Waals surface area (Å²) in [5.74, 6) is 1.47. The minimum Gasteiger partial charge on any atom is -0.369 e. The molecule has 6 heteroatoms. The molecule has 1 spiro atoms. The van der Waals surface area contributed by atoms with Gasteiger partial charge < -0.3 is 15.0 Å². The van der Waals surface area contributed by atoms with E-state index in [1.54, 1.807) is 18.2 Å². The normalized spacial score (nSPS) is 29.8. The Kier molecular flexibility index (Phi) is 4.74. The summed E-state index contributed by atoms with van der Waals surface area (Å²) >= 11 is 0. The lowest BCUT2D eigenvalue weighted by molar-refractivity contribution is -0.121. The minimum atomic E-state index is -0.246. The van der Waals surface area contributed by atoms with Crippen molar-refractivity contribution in [3.05, 3.63) is 60.0 Å². The fourth-order valence-electron chi connectivity index (χ4n) is 5.45. The lowest BCUT2D eigenvalue weighted by Crippen LogP contribution is -2.41. The monoisotopic (exact) mass is 395 g/mol. The highest BCUT2D eigenvalue weighted by Crippen LogP contribution is 2.55. The van der Waals surface area contributed by atoms with E-state index >= 15 is 0 Å². The predicted molar refractivity (Wildman–Crippen MR) is 108 cm³/mol. The van der Waals surface area contributed by atoms with E-state index in [2.05, 4.69) is 15.2 Å². The zero-order valence-electron chi connectivity index (χ0n) is 16.4. The van der Waals surface area contributed by atoms with Gasteiger partial charge in [0.15, 0.2) is 0 Å². The van der Waals surface area contributed by atoms with Gasteiger partial charge in [-0.2, -0.15) is 0 Å². The number of nitrogens with zero attached hydrogens (tertiary/aromatic N) is 2. The molecule has 3 aliphatic heterocycles. The number of aromatic nitrogens is 1. The number of hydrogen-bond acceptors (Lipinski definition) is 4. The smallest absolute Gasteiger partial charge is 0.220 e. The lowest BCUT2D eigenvalue weighted by Gasteiger charge is -2.29. The summed E-state index contributed by atoms with van der Waals surface area (Å²) in [6, 6.07) is 12.6. The van der Waals surface area contributed by atoms with Crippen molar-refractivity contribution in [2.75, 3.05) is 24.5 Å². The largest absolute Gasteiger partial charge is 0.369 e. The van der Waals surface area contributed by atoms with Crippen molar-refractivity contribution < 1.29 is 13.9 Å². The van der Waals surface area contributed by atoms with Crippen molar-refractivity contribution in [1.82, 2.24) is 10.3 Å². The number of ether oxygens (including phenoxy) is 1. The van der Waals surface area contributed by atoms with Crippen LogP contribution in [0.2, 0.25) is 0 Å². The summed E-state index contributed by atoms with van der Waals surface area (Å²) in [6.45, 7) is 2.43. The maximum Gasteiger partial charge on any atom is 0.220 e. The standard InChI is InChI=1S/C23H26FN3O2/c24-19-6-2-1-5-16(19)8-9-22(28)26-13-17-18-14-27(21-7-3-4-12-25-21)15-23(18)11-10-20(17)29-23/h1-7,12,17-18,20H,8-11,13-15H2,(H,26,28)/t17-,18+,20+,23+/m0/s1. The van der Waals surface area contributed by atoms with Gasteiger partial charge in [-0.3, -0.25) is 4.79 Å². The highest BCUT2D eigenvalue weighted by atomic mass is 19.1. The Labute approximate surface area is 170 Å². The molecule has 0 aliphatic carbocycles. The van der Waals surface area contributed by atoms with E-state index in [4.69, 9.17) is 4.74 Å². The molecule has 2 aromatic rings.